The first kappa shape index (κ1) is 21.2. The molecule has 0 aromatic heterocycles. The van der Waals surface area contributed by atoms with Gasteiger partial charge in [-0.2, -0.15) is 0 Å². The van der Waals surface area contributed by atoms with Gasteiger partial charge in [0.05, 0.1) is 4.92 Å². The first-order valence-corrected chi connectivity index (χ1v) is 9.76. The average molecular weight is 411 g/mol. The van der Waals surface area contributed by atoms with Crippen LogP contribution in [0.25, 0.3) is 6.08 Å². The number of halogens is 1. The number of rotatable bonds is 6. The number of anilines is 1. The predicted molar refractivity (Wildman–Crippen MR) is 111 cm³/mol. The minimum Gasteiger partial charge on any atom is -0.321 e. The zero-order chi connectivity index (χ0) is 21.5. The minimum absolute atomic E-state index is 0.0599. The summed E-state index contributed by atoms with van der Waals surface area (Å²) in [4.78, 5) is 36.0. The molecule has 2 amide bonds. The van der Waals surface area contributed by atoms with Crippen LogP contribution in [-0.4, -0.2) is 16.7 Å². The summed E-state index contributed by atoms with van der Waals surface area (Å²) in [5.74, 6) is -1.60. The van der Waals surface area contributed by atoms with Crippen LogP contribution in [0.2, 0.25) is 0 Å². The maximum absolute atomic E-state index is 13.4. The normalized spacial score (nSPS) is 14.8. The first-order valence-electron chi connectivity index (χ1n) is 9.76. The van der Waals surface area contributed by atoms with Crippen molar-refractivity contribution in [3.63, 3.8) is 0 Å². The van der Waals surface area contributed by atoms with Crippen molar-refractivity contribution >= 4 is 29.3 Å². The van der Waals surface area contributed by atoms with Crippen LogP contribution in [0.4, 0.5) is 15.8 Å². The molecule has 1 aliphatic rings. The molecule has 30 heavy (non-hydrogen) atoms. The van der Waals surface area contributed by atoms with Crippen LogP contribution in [-0.2, 0) is 9.59 Å². The highest BCUT2D eigenvalue weighted by Crippen LogP contribution is 2.24. The van der Waals surface area contributed by atoms with E-state index in [0.717, 1.165) is 38.2 Å². The molecule has 0 aliphatic heterocycles. The van der Waals surface area contributed by atoms with Gasteiger partial charge in [-0.15, -0.1) is 0 Å². The van der Waals surface area contributed by atoms with Crippen molar-refractivity contribution in [1.29, 1.82) is 0 Å². The zero-order valence-electron chi connectivity index (χ0n) is 16.3. The third kappa shape index (κ3) is 5.73. The fraction of sp³-hybridized carbons (Fsp3) is 0.273. The molecule has 2 aromatic carbocycles. The van der Waals surface area contributed by atoms with Crippen LogP contribution in [0.1, 0.15) is 37.7 Å². The van der Waals surface area contributed by atoms with E-state index in [1.54, 1.807) is 6.07 Å². The van der Waals surface area contributed by atoms with E-state index in [1.165, 1.54) is 42.5 Å². The maximum Gasteiger partial charge on any atom is 0.272 e. The quantitative estimate of drug-likeness (QED) is 0.418. The van der Waals surface area contributed by atoms with E-state index < -0.39 is 16.6 Å². The molecule has 2 N–H and O–H groups in total. The standard InChI is InChI=1S/C22H22FN3O4/c23-17-9-5-10-18(14-17)24-22(28)20(25-21(27)16-7-2-1-3-8-16)13-15-6-4-11-19(12-15)26(29)30/h4-6,9-14,16H,1-3,7-8H2,(H,24,28)(H,25,27)/b20-13-. The molecule has 1 saturated carbocycles. The van der Waals surface area contributed by atoms with E-state index in [9.17, 15) is 24.1 Å². The van der Waals surface area contributed by atoms with Gasteiger partial charge < -0.3 is 10.6 Å². The molecule has 7 nitrogen and oxygen atoms in total. The van der Waals surface area contributed by atoms with Crippen molar-refractivity contribution in [2.24, 2.45) is 5.92 Å². The number of hydrogen-bond acceptors (Lipinski definition) is 4. The molecular formula is C22H22FN3O4. The number of nitrogens with one attached hydrogen (secondary N) is 2. The van der Waals surface area contributed by atoms with Crippen molar-refractivity contribution in [2.75, 3.05) is 5.32 Å². The van der Waals surface area contributed by atoms with Crippen molar-refractivity contribution in [3.05, 3.63) is 75.7 Å². The van der Waals surface area contributed by atoms with E-state index >= 15 is 0 Å². The molecule has 0 radical (unpaired) electrons. The largest absolute Gasteiger partial charge is 0.321 e. The molecule has 3 rings (SSSR count). The Bertz CT molecular complexity index is 984. The topological polar surface area (TPSA) is 101 Å². The number of benzene rings is 2. The van der Waals surface area contributed by atoms with Crippen LogP contribution in [0.15, 0.2) is 54.2 Å². The molecule has 8 heteroatoms. The van der Waals surface area contributed by atoms with Crippen molar-refractivity contribution in [2.45, 2.75) is 32.1 Å². The molecule has 0 heterocycles. The van der Waals surface area contributed by atoms with Gasteiger partial charge in [-0.1, -0.05) is 37.5 Å². The van der Waals surface area contributed by atoms with E-state index in [4.69, 9.17) is 0 Å². The summed E-state index contributed by atoms with van der Waals surface area (Å²) in [5, 5.41) is 16.2. The van der Waals surface area contributed by atoms with Crippen molar-refractivity contribution in [1.82, 2.24) is 5.32 Å². The third-order valence-corrected chi connectivity index (χ3v) is 4.95. The van der Waals surface area contributed by atoms with Crippen LogP contribution < -0.4 is 10.6 Å². The summed E-state index contributed by atoms with van der Waals surface area (Å²) >= 11 is 0. The lowest BCUT2D eigenvalue weighted by Crippen LogP contribution is -2.35. The monoisotopic (exact) mass is 411 g/mol. The highest BCUT2D eigenvalue weighted by Gasteiger charge is 2.23. The van der Waals surface area contributed by atoms with Gasteiger partial charge in [0, 0.05) is 23.7 Å². The Balaban J connectivity index is 1.87. The number of nitro benzene ring substituents is 1. The van der Waals surface area contributed by atoms with Crippen LogP contribution in [0.3, 0.4) is 0 Å². The Labute approximate surface area is 173 Å². The Morgan fingerprint density at radius 3 is 2.50 bits per heavy atom. The summed E-state index contributed by atoms with van der Waals surface area (Å²) in [6.07, 6.45) is 5.88. The Hall–Kier alpha value is -3.55. The molecule has 1 aliphatic carbocycles. The number of non-ortho nitro benzene ring substituents is 1. The van der Waals surface area contributed by atoms with Gasteiger partial charge in [-0.3, -0.25) is 19.7 Å². The molecule has 0 spiro atoms. The lowest BCUT2D eigenvalue weighted by molar-refractivity contribution is -0.384. The predicted octanol–water partition coefficient (Wildman–Crippen LogP) is 4.41. The average Bonchev–Trinajstić information content (AvgIpc) is 2.74. The lowest BCUT2D eigenvalue weighted by atomic mass is 9.88. The Morgan fingerprint density at radius 2 is 1.80 bits per heavy atom. The van der Waals surface area contributed by atoms with Gasteiger partial charge in [0.1, 0.15) is 11.5 Å². The second-order valence-electron chi connectivity index (χ2n) is 7.20. The zero-order valence-corrected chi connectivity index (χ0v) is 16.3. The molecular weight excluding hydrogens is 389 g/mol. The lowest BCUT2D eigenvalue weighted by Gasteiger charge is -2.21. The number of carbonyl (C=O) groups is 2. The molecule has 2 aromatic rings. The summed E-state index contributed by atoms with van der Waals surface area (Å²) in [5.41, 5.74) is 0.428. The molecule has 0 unspecified atom stereocenters. The molecule has 0 saturated heterocycles. The maximum atomic E-state index is 13.4. The fourth-order valence-corrected chi connectivity index (χ4v) is 3.42. The van der Waals surface area contributed by atoms with E-state index in [0.29, 0.717) is 5.56 Å². The third-order valence-electron chi connectivity index (χ3n) is 4.95. The van der Waals surface area contributed by atoms with Gasteiger partial charge in [0.25, 0.3) is 11.6 Å². The number of carbonyl (C=O) groups excluding carboxylic acids is 2. The van der Waals surface area contributed by atoms with E-state index in [1.807, 2.05) is 0 Å². The molecule has 0 bridgehead atoms. The summed E-state index contributed by atoms with van der Waals surface area (Å²) < 4.78 is 13.4. The van der Waals surface area contributed by atoms with Gasteiger partial charge in [-0.05, 0) is 42.7 Å². The van der Waals surface area contributed by atoms with Gasteiger partial charge >= 0.3 is 0 Å². The van der Waals surface area contributed by atoms with E-state index in [-0.39, 0.29) is 28.9 Å². The summed E-state index contributed by atoms with van der Waals surface area (Å²) in [7, 11) is 0. The fourth-order valence-electron chi connectivity index (χ4n) is 3.42. The highest BCUT2D eigenvalue weighted by molar-refractivity contribution is 6.08. The second-order valence-corrected chi connectivity index (χ2v) is 7.20. The molecule has 0 atom stereocenters. The van der Waals surface area contributed by atoms with E-state index in [2.05, 4.69) is 10.6 Å². The smallest absolute Gasteiger partial charge is 0.272 e. The SMILES string of the molecule is O=C(Nc1cccc(F)c1)/C(=C/c1cccc([N+](=O)[O-])c1)NC(=O)C1CCCCC1. The Kier molecular flexibility index (Phi) is 6.90. The number of amides is 2. The molecule has 156 valence electrons. The van der Waals surface area contributed by atoms with Crippen LogP contribution in [0.5, 0.6) is 0 Å². The Morgan fingerprint density at radius 1 is 1.07 bits per heavy atom. The van der Waals surface area contributed by atoms with Crippen molar-refractivity contribution < 1.29 is 18.9 Å². The summed E-state index contributed by atoms with van der Waals surface area (Å²) in [6.45, 7) is 0. The van der Waals surface area contributed by atoms with Gasteiger partial charge in [-0.25, -0.2) is 4.39 Å². The highest BCUT2D eigenvalue weighted by atomic mass is 19.1. The minimum atomic E-state index is -0.642. The molecule has 1 fully saturated rings. The number of hydrogen-bond donors (Lipinski definition) is 2. The number of nitrogens with zero attached hydrogens (tertiary/aromatic N) is 1. The van der Waals surface area contributed by atoms with Crippen LogP contribution in [0, 0.1) is 21.8 Å². The van der Waals surface area contributed by atoms with Crippen molar-refractivity contribution in [3.8, 4) is 0 Å². The van der Waals surface area contributed by atoms with Gasteiger partial charge in [0.2, 0.25) is 5.91 Å². The summed E-state index contributed by atoms with van der Waals surface area (Å²) in [6, 6.07) is 11.1. The number of nitro groups is 1. The second kappa shape index (κ2) is 9.78. The van der Waals surface area contributed by atoms with Gasteiger partial charge in [0.15, 0.2) is 0 Å². The first-order chi connectivity index (χ1) is 14.4. The van der Waals surface area contributed by atoms with Crippen LogP contribution >= 0.6 is 0 Å².